The maximum absolute atomic E-state index is 13.8. The number of carbonyl (C=O) groups is 2. The van der Waals surface area contributed by atoms with Crippen molar-refractivity contribution in [1.29, 1.82) is 0 Å². The van der Waals surface area contributed by atoms with E-state index in [1.807, 2.05) is 47.0 Å². The van der Waals surface area contributed by atoms with E-state index >= 15 is 0 Å². The maximum Gasteiger partial charge on any atom is 0.335 e. The fraction of sp³-hybridized carbons (Fsp3) is 0.129. The lowest BCUT2D eigenvalue weighted by atomic mass is 10.0. The minimum Gasteiger partial charge on any atom is -0.497 e. The van der Waals surface area contributed by atoms with Gasteiger partial charge in [0, 0.05) is 18.2 Å². The molecule has 4 aromatic carbocycles. The second kappa shape index (κ2) is 10.6. The molecule has 5 aromatic rings. The van der Waals surface area contributed by atoms with Gasteiger partial charge in [-0.05, 0) is 59.5 Å². The van der Waals surface area contributed by atoms with Crippen molar-refractivity contribution in [2.24, 2.45) is 0 Å². The molecule has 0 aliphatic rings. The Labute approximate surface area is 219 Å². The molecule has 38 heavy (non-hydrogen) atoms. The summed E-state index contributed by atoms with van der Waals surface area (Å²) in [5, 5.41) is 9.43. The van der Waals surface area contributed by atoms with Crippen molar-refractivity contribution in [2.75, 3.05) is 14.2 Å². The number of carbonyl (C=O) groups excluding carboxylic acids is 1. The number of carboxylic acids is 1. The van der Waals surface area contributed by atoms with Gasteiger partial charge >= 0.3 is 5.97 Å². The summed E-state index contributed by atoms with van der Waals surface area (Å²) in [7, 11) is 3.08. The molecule has 0 saturated carbocycles. The number of aromatic carboxylic acids is 1. The number of fused-ring (bicyclic) bond motifs is 1. The van der Waals surface area contributed by atoms with Crippen LogP contribution in [0.5, 0.6) is 11.5 Å². The van der Waals surface area contributed by atoms with E-state index in [9.17, 15) is 14.7 Å². The highest BCUT2D eigenvalue weighted by Gasteiger charge is 2.21. The Balaban J connectivity index is 1.63. The molecule has 0 amide bonds. The van der Waals surface area contributed by atoms with Crippen molar-refractivity contribution in [1.82, 2.24) is 9.55 Å². The van der Waals surface area contributed by atoms with Gasteiger partial charge in [-0.25, -0.2) is 9.78 Å². The summed E-state index contributed by atoms with van der Waals surface area (Å²) in [4.78, 5) is 30.0. The Morgan fingerprint density at radius 2 is 1.50 bits per heavy atom. The lowest BCUT2D eigenvalue weighted by molar-refractivity contribution is 0.0696. The lowest BCUT2D eigenvalue weighted by Gasteiger charge is -2.11. The molecule has 0 unspecified atom stereocenters. The standard InChI is InChI=1S/C31H26N2O5/c1-37-25-16-24(17-26(19-25)38-2)29(34)30-32-27-12-11-22(21-9-6-10-23(15-21)31(35)36)18-28(27)33(30)14-13-20-7-4-3-5-8-20/h3-12,15-19H,13-14H2,1-2H3,(H,35,36). The number of benzene rings is 4. The topological polar surface area (TPSA) is 90.7 Å². The molecule has 0 atom stereocenters. The van der Waals surface area contributed by atoms with Gasteiger partial charge in [-0.1, -0.05) is 48.5 Å². The van der Waals surface area contributed by atoms with Crippen LogP contribution in [0.25, 0.3) is 22.2 Å². The molecule has 1 N–H and O–H groups in total. The Bertz CT molecular complexity index is 1620. The van der Waals surface area contributed by atoms with E-state index in [4.69, 9.17) is 14.5 Å². The number of aromatic nitrogens is 2. The number of carboxylic acid groups (broad SMARTS) is 1. The molecule has 0 saturated heterocycles. The van der Waals surface area contributed by atoms with Crippen LogP contribution in [0.3, 0.4) is 0 Å². The third kappa shape index (κ3) is 4.99. The minimum atomic E-state index is -0.984. The van der Waals surface area contributed by atoms with Crippen LogP contribution in [0.4, 0.5) is 0 Å². The molecule has 0 fully saturated rings. The third-order valence-electron chi connectivity index (χ3n) is 6.47. The summed E-state index contributed by atoms with van der Waals surface area (Å²) >= 11 is 0. The van der Waals surface area contributed by atoms with Crippen molar-refractivity contribution < 1.29 is 24.2 Å². The fourth-order valence-electron chi connectivity index (χ4n) is 4.49. The number of nitrogens with zero attached hydrogens (tertiary/aromatic N) is 2. The summed E-state index contributed by atoms with van der Waals surface area (Å²) in [5.74, 6) is 0.103. The maximum atomic E-state index is 13.8. The first-order chi connectivity index (χ1) is 18.5. The van der Waals surface area contributed by atoms with Crippen LogP contribution >= 0.6 is 0 Å². The Hall–Kier alpha value is -4.91. The highest BCUT2D eigenvalue weighted by Crippen LogP contribution is 2.29. The quantitative estimate of drug-likeness (QED) is 0.251. The number of imidazole rings is 1. The fourth-order valence-corrected chi connectivity index (χ4v) is 4.49. The average Bonchev–Trinajstić information content (AvgIpc) is 3.33. The predicted octanol–water partition coefficient (Wildman–Crippen LogP) is 5.89. The SMILES string of the molecule is COc1cc(OC)cc(C(=O)c2nc3ccc(-c4cccc(C(=O)O)c4)cc3n2CCc2ccccc2)c1. The molecule has 1 aromatic heterocycles. The lowest BCUT2D eigenvalue weighted by Crippen LogP contribution is -2.13. The van der Waals surface area contributed by atoms with Crippen LogP contribution < -0.4 is 9.47 Å². The summed E-state index contributed by atoms with van der Waals surface area (Å²) < 4.78 is 12.7. The third-order valence-corrected chi connectivity index (χ3v) is 6.47. The Morgan fingerprint density at radius 3 is 2.18 bits per heavy atom. The second-order valence-electron chi connectivity index (χ2n) is 8.84. The Kier molecular flexibility index (Phi) is 6.91. The molecule has 0 aliphatic heterocycles. The normalized spacial score (nSPS) is 10.9. The number of methoxy groups -OCH3 is 2. The van der Waals surface area contributed by atoms with Gasteiger partial charge in [0.2, 0.25) is 5.78 Å². The van der Waals surface area contributed by atoms with Crippen molar-refractivity contribution in [2.45, 2.75) is 13.0 Å². The number of ketones is 1. The molecular weight excluding hydrogens is 480 g/mol. The smallest absolute Gasteiger partial charge is 0.335 e. The van der Waals surface area contributed by atoms with Crippen molar-refractivity contribution in [3.05, 3.63) is 114 Å². The zero-order chi connectivity index (χ0) is 26.6. The molecule has 0 radical (unpaired) electrons. The summed E-state index contributed by atoms with van der Waals surface area (Å²) in [6.07, 6.45) is 0.701. The molecule has 0 aliphatic carbocycles. The average molecular weight is 507 g/mol. The van der Waals surface area contributed by atoms with E-state index in [0.29, 0.717) is 41.4 Å². The van der Waals surface area contributed by atoms with Gasteiger partial charge in [0.15, 0.2) is 5.82 Å². The van der Waals surface area contributed by atoms with Crippen LogP contribution in [0.1, 0.15) is 32.1 Å². The van der Waals surface area contributed by atoms with Gasteiger partial charge in [0.25, 0.3) is 0 Å². The molecule has 7 nitrogen and oxygen atoms in total. The molecule has 1 heterocycles. The number of rotatable bonds is 9. The highest BCUT2D eigenvalue weighted by molar-refractivity contribution is 6.09. The monoisotopic (exact) mass is 506 g/mol. The van der Waals surface area contributed by atoms with E-state index in [-0.39, 0.29) is 11.3 Å². The van der Waals surface area contributed by atoms with Crippen molar-refractivity contribution >= 4 is 22.8 Å². The largest absolute Gasteiger partial charge is 0.497 e. The minimum absolute atomic E-state index is 0.211. The number of hydrogen-bond donors (Lipinski definition) is 1. The Morgan fingerprint density at radius 1 is 0.789 bits per heavy atom. The van der Waals surface area contributed by atoms with Crippen LogP contribution in [-0.4, -0.2) is 40.6 Å². The van der Waals surface area contributed by atoms with E-state index in [1.54, 1.807) is 50.6 Å². The molecule has 0 bridgehead atoms. The molecule has 5 rings (SSSR count). The van der Waals surface area contributed by atoms with Crippen LogP contribution in [-0.2, 0) is 13.0 Å². The predicted molar refractivity (Wildman–Crippen MR) is 145 cm³/mol. The van der Waals surface area contributed by atoms with E-state index in [0.717, 1.165) is 22.2 Å². The van der Waals surface area contributed by atoms with Gasteiger partial charge in [-0.2, -0.15) is 0 Å². The van der Waals surface area contributed by atoms with Crippen molar-refractivity contribution in [3.8, 4) is 22.6 Å². The first-order valence-electron chi connectivity index (χ1n) is 12.1. The second-order valence-corrected chi connectivity index (χ2v) is 8.84. The van der Waals surface area contributed by atoms with Gasteiger partial charge in [-0.3, -0.25) is 4.79 Å². The molecule has 0 spiro atoms. The van der Waals surface area contributed by atoms with Crippen LogP contribution in [0, 0.1) is 0 Å². The first-order valence-corrected chi connectivity index (χ1v) is 12.1. The first kappa shape index (κ1) is 24.8. The van der Waals surface area contributed by atoms with Crippen LogP contribution in [0.15, 0.2) is 91.0 Å². The molecule has 190 valence electrons. The van der Waals surface area contributed by atoms with Crippen LogP contribution in [0.2, 0.25) is 0 Å². The summed E-state index contributed by atoms with van der Waals surface area (Å²) in [6.45, 7) is 0.529. The van der Waals surface area contributed by atoms with Gasteiger partial charge in [0.05, 0.1) is 30.8 Å². The van der Waals surface area contributed by atoms with E-state index in [2.05, 4.69) is 12.1 Å². The van der Waals surface area contributed by atoms with Crippen molar-refractivity contribution in [3.63, 3.8) is 0 Å². The summed E-state index contributed by atoms with van der Waals surface area (Å²) in [5.41, 5.74) is 4.83. The van der Waals surface area contributed by atoms with Gasteiger partial charge < -0.3 is 19.1 Å². The van der Waals surface area contributed by atoms with E-state index in [1.165, 1.54) is 0 Å². The van der Waals surface area contributed by atoms with Gasteiger partial charge in [-0.15, -0.1) is 0 Å². The summed E-state index contributed by atoms with van der Waals surface area (Å²) in [6, 6.07) is 27.6. The number of hydrogen-bond acceptors (Lipinski definition) is 5. The molecule has 7 heteroatoms. The zero-order valence-corrected chi connectivity index (χ0v) is 21.0. The van der Waals surface area contributed by atoms with Gasteiger partial charge in [0.1, 0.15) is 11.5 Å². The number of ether oxygens (including phenoxy) is 2. The van der Waals surface area contributed by atoms with E-state index < -0.39 is 5.97 Å². The zero-order valence-electron chi connectivity index (χ0n) is 21.0. The highest BCUT2D eigenvalue weighted by atomic mass is 16.5. The number of aryl methyl sites for hydroxylation is 2. The molecular formula is C31H26N2O5.